The lowest BCUT2D eigenvalue weighted by atomic mass is 10.3. The molecular formula is C10H17NO3. The van der Waals surface area contributed by atoms with E-state index in [4.69, 9.17) is 9.47 Å². The van der Waals surface area contributed by atoms with Crippen LogP contribution in [0.4, 0.5) is 0 Å². The highest BCUT2D eigenvalue weighted by Crippen LogP contribution is 2.32. The van der Waals surface area contributed by atoms with E-state index in [0.29, 0.717) is 19.8 Å². The lowest BCUT2D eigenvalue weighted by Crippen LogP contribution is -2.47. The minimum atomic E-state index is -0.247. The molecule has 1 aliphatic heterocycles. The van der Waals surface area contributed by atoms with Gasteiger partial charge < -0.3 is 14.8 Å². The fourth-order valence-corrected chi connectivity index (χ4v) is 1.55. The van der Waals surface area contributed by atoms with E-state index < -0.39 is 0 Å². The van der Waals surface area contributed by atoms with Crippen molar-refractivity contribution >= 4 is 5.97 Å². The molecule has 4 nitrogen and oxygen atoms in total. The molecule has 0 radical (unpaired) electrons. The second kappa shape index (κ2) is 4.75. The van der Waals surface area contributed by atoms with Gasteiger partial charge in [-0.2, -0.15) is 0 Å². The molecule has 2 rings (SSSR count). The van der Waals surface area contributed by atoms with E-state index in [2.05, 4.69) is 5.32 Å². The normalized spacial score (nSPS) is 27.3. The van der Waals surface area contributed by atoms with Crippen molar-refractivity contribution in [2.24, 2.45) is 5.92 Å². The molecule has 1 unspecified atom stereocenters. The van der Waals surface area contributed by atoms with Gasteiger partial charge in [-0.1, -0.05) is 12.8 Å². The third-order valence-electron chi connectivity index (χ3n) is 2.67. The second-order valence-electron chi connectivity index (χ2n) is 3.98. The molecule has 1 heterocycles. The SMILES string of the molecule is O=C(OCCC1CC1)C1COCCN1. The summed E-state index contributed by atoms with van der Waals surface area (Å²) in [4.78, 5) is 11.4. The number of hydrogen-bond acceptors (Lipinski definition) is 4. The van der Waals surface area contributed by atoms with Gasteiger partial charge >= 0.3 is 5.97 Å². The summed E-state index contributed by atoms with van der Waals surface area (Å²) >= 11 is 0. The van der Waals surface area contributed by atoms with E-state index in [0.717, 1.165) is 18.9 Å². The molecular weight excluding hydrogens is 182 g/mol. The van der Waals surface area contributed by atoms with E-state index in [9.17, 15) is 4.79 Å². The third kappa shape index (κ3) is 2.96. The highest BCUT2D eigenvalue weighted by atomic mass is 16.5. The predicted octanol–water partition coefficient (Wildman–Crippen LogP) is 0.318. The van der Waals surface area contributed by atoms with Crippen molar-refractivity contribution in [3.63, 3.8) is 0 Å². The molecule has 80 valence electrons. The molecule has 0 amide bonds. The van der Waals surface area contributed by atoms with Crippen molar-refractivity contribution in [1.82, 2.24) is 5.32 Å². The molecule has 0 aromatic carbocycles. The van der Waals surface area contributed by atoms with Crippen LogP contribution in [0.5, 0.6) is 0 Å². The Labute approximate surface area is 84.0 Å². The van der Waals surface area contributed by atoms with E-state index in [1.807, 2.05) is 0 Å². The number of nitrogens with one attached hydrogen (secondary N) is 1. The zero-order valence-electron chi connectivity index (χ0n) is 8.33. The molecule has 0 aromatic heterocycles. The van der Waals surface area contributed by atoms with E-state index in [-0.39, 0.29) is 12.0 Å². The fraction of sp³-hybridized carbons (Fsp3) is 0.900. The van der Waals surface area contributed by atoms with Crippen LogP contribution in [0.25, 0.3) is 0 Å². The third-order valence-corrected chi connectivity index (χ3v) is 2.67. The minimum absolute atomic E-state index is 0.162. The van der Waals surface area contributed by atoms with E-state index in [1.165, 1.54) is 12.8 Å². The molecule has 4 heteroatoms. The first-order valence-corrected chi connectivity index (χ1v) is 5.34. The zero-order valence-corrected chi connectivity index (χ0v) is 8.33. The molecule has 1 saturated heterocycles. The minimum Gasteiger partial charge on any atom is -0.464 e. The lowest BCUT2D eigenvalue weighted by Gasteiger charge is -2.22. The number of rotatable bonds is 4. The van der Waals surface area contributed by atoms with Gasteiger partial charge in [0, 0.05) is 6.54 Å². The Kier molecular flexibility index (Phi) is 3.37. The topological polar surface area (TPSA) is 47.6 Å². The maximum absolute atomic E-state index is 11.4. The molecule has 1 saturated carbocycles. The summed E-state index contributed by atoms with van der Waals surface area (Å²) in [6.07, 6.45) is 3.64. The summed E-state index contributed by atoms with van der Waals surface area (Å²) in [7, 11) is 0. The van der Waals surface area contributed by atoms with Crippen LogP contribution in [0, 0.1) is 5.92 Å². The number of carbonyl (C=O) groups excluding carboxylic acids is 1. The Bertz CT molecular complexity index is 198. The van der Waals surface area contributed by atoms with Crippen molar-refractivity contribution in [3.8, 4) is 0 Å². The highest BCUT2D eigenvalue weighted by Gasteiger charge is 2.24. The first-order chi connectivity index (χ1) is 6.86. The summed E-state index contributed by atoms with van der Waals surface area (Å²) in [6.45, 7) is 2.44. The Balaban J connectivity index is 1.60. The maximum Gasteiger partial charge on any atom is 0.325 e. The van der Waals surface area contributed by atoms with Crippen LogP contribution in [0.3, 0.4) is 0 Å². The largest absolute Gasteiger partial charge is 0.464 e. The van der Waals surface area contributed by atoms with Gasteiger partial charge in [0.25, 0.3) is 0 Å². The highest BCUT2D eigenvalue weighted by molar-refractivity contribution is 5.76. The molecule has 0 bridgehead atoms. The van der Waals surface area contributed by atoms with Gasteiger partial charge in [0.15, 0.2) is 0 Å². The van der Waals surface area contributed by atoms with Gasteiger partial charge in [0.1, 0.15) is 6.04 Å². The first kappa shape index (κ1) is 9.93. The first-order valence-electron chi connectivity index (χ1n) is 5.34. The number of hydrogen-bond donors (Lipinski definition) is 1. The average Bonchev–Trinajstić information content (AvgIpc) is 3.03. The quantitative estimate of drug-likeness (QED) is 0.662. The van der Waals surface area contributed by atoms with Gasteiger partial charge in [-0.05, 0) is 12.3 Å². The summed E-state index contributed by atoms with van der Waals surface area (Å²) in [5.74, 6) is 0.656. The molecule has 14 heavy (non-hydrogen) atoms. The monoisotopic (exact) mass is 199 g/mol. The van der Waals surface area contributed by atoms with E-state index >= 15 is 0 Å². The summed E-state index contributed by atoms with van der Waals surface area (Å²) in [6, 6.07) is -0.247. The standard InChI is InChI=1S/C10H17NO3/c12-10(9-7-13-6-4-11-9)14-5-3-8-1-2-8/h8-9,11H,1-7H2. The van der Waals surface area contributed by atoms with Crippen LogP contribution < -0.4 is 5.32 Å². The number of ether oxygens (including phenoxy) is 2. The Morgan fingerprint density at radius 3 is 3.00 bits per heavy atom. The maximum atomic E-state index is 11.4. The molecule has 0 aromatic rings. The Hall–Kier alpha value is -0.610. The predicted molar refractivity (Wildman–Crippen MR) is 50.9 cm³/mol. The van der Waals surface area contributed by atoms with Crippen LogP contribution in [-0.4, -0.2) is 38.4 Å². The Morgan fingerprint density at radius 2 is 2.36 bits per heavy atom. The van der Waals surface area contributed by atoms with Crippen LogP contribution in [-0.2, 0) is 14.3 Å². The van der Waals surface area contributed by atoms with Gasteiger partial charge in [-0.15, -0.1) is 0 Å². The summed E-state index contributed by atoms with van der Waals surface area (Å²) in [5, 5.41) is 3.07. The van der Waals surface area contributed by atoms with E-state index in [1.54, 1.807) is 0 Å². The second-order valence-corrected chi connectivity index (χ2v) is 3.98. The van der Waals surface area contributed by atoms with Crippen LogP contribution in [0.2, 0.25) is 0 Å². The molecule has 2 fully saturated rings. The number of esters is 1. The molecule has 1 N–H and O–H groups in total. The molecule has 2 aliphatic rings. The van der Waals surface area contributed by atoms with Gasteiger partial charge in [0.2, 0.25) is 0 Å². The van der Waals surface area contributed by atoms with Gasteiger partial charge in [0.05, 0.1) is 19.8 Å². The fourth-order valence-electron chi connectivity index (χ4n) is 1.55. The molecule has 0 spiro atoms. The number of carbonyl (C=O) groups is 1. The Morgan fingerprint density at radius 1 is 1.50 bits per heavy atom. The smallest absolute Gasteiger partial charge is 0.325 e. The van der Waals surface area contributed by atoms with Gasteiger partial charge in [-0.3, -0.25) is 4.79 Å². The van der Waals surface area contributed by atoms with Crippen molar-refractivity contribution < 1.29 is 14.3 Å². The van der Waals surface area contributed by atoms with Crippen molar-refractivity contribution in [1.29, 1.82) is 0 Å². The average molecular weight is 199 g/mol. The molecule has 1 aliphatic carbocycles. The zero-order chi connectivity index (χ0) is 9.80. The van der Waals surface area contributed by atoms with Crippen molar-refractivity contribution in [2.45, 2.75) is 25.3 Å². The summed E-state index contributed by atoms with van der Waals surface area (Å²) in [5.41, 5.74) is 0. The lowest BCUT2D eigenvalue weighted by molar-refractivity contribution is -0.149. The molecule has 1 atom stereocenters. The van der Waals surface area contributed by atoms with Crippen molar-refractivity contribution in [2.75, 3.05) is 26.4 Å². The van der Waals surface area contributed by atoms with Crippen LogP contribution in [0.1, 0.15) is 19.3 Å². The van der Waals surface area contributed by atoms with Crippen LogP contribution >= 0.6 is 0 Å². The van der Waals surface area contributed by atoms with Crippen LogP contribution in [0.15, 0.2) is 0 Å². The summed E-state index contributed by atoms with van der Waals surface area (Å²) < 4.78 is 10.3. The number of morpholine rings is 1. The van der Waals surface area contributed by atoms with Gasteiger partial charge in [-0.25, -0.2) is 0 Å². The van der Waals surface area contributed by atoms with Crippen molar-refractivity contribution in [3.05, 3.63) is 0 Å².